The van der Waals surface area contributed by atoms with Crippen molar-refractivity contribution in [3.63, 3.8) is 0 Å². The molecule has 5 nitrogen and oxygen atoms in total. The third-order valence-electron chi connectivity index (χ3n) is 3.71. The second-order valence-electron chi connectivity index (χ2n) is 5.50. The van der Waals surface area contributed by atoms with E-state index in [0.717, 1.165) is 32.6 Å². The normalized spacial score (nSPS) is 12.5. The van der Waals surface area contributed by atoms with Crippen LogP contribution in [0.1, 0.15) is 11.3 Å². The summed E-state index contributed by atoms with van der Waals surface area (Å²) in [7, 11) is 0. The molecule has 0 aliphatic rings. The molecule has 3 aromatic rings. The van der Waals surface area contributed by atoms with Crippen molar-refractivity contribution in [3.05, 3.63) is 58.3 Å². The second-order valence-corrected chi connectivity index (χ2v) is 6.41. The van der Waals surface area contributed by atoms with Crippen LogP contribution in [0.25, 0.3) is 16.9 Å². The molecule has 0 saturated carbocycles. The highest BCUT2D eigenvalue weighted by molar-refractivity contribution is 9.10. The molecule has 3 rings (SSSR count). The fourth-order valence-electron chi connectivity index (χ4n) is 2.53. The molecule has 118 valence electrons. The molecule has 0 fully saturated rings. The minimum Gasteiger partial charge on any atom is -0.480 e. The van der Waals surface area contributed by atoms with Crippen molar-refractivity contribution >= 4 is 27.5 Å². The lowest BCUT2D eigenvalue weighted by atomic mass is 10.1. The Kier molecular flexibility index (Phi) is 4.19. The number of hydrogen-bond donors (Lipinski definition) is 2. The first-order valence-electron chi connectivity index (χ1n) is 7.17. The molecule has 2 heterocycles. The van der Waals surface area contributed by atoms with E-state index in [1.165, 1.54) is 0 Å². The van der Waals surface area contributed by atoms with Crippen molar-refractivity contribution in [2.75, 3.05) is 0 Å². The molecule has 0 aliphatic carbocycles. The number of hydrogen-bond acceptors (Lipinski definition) is 3. The van der Waals surface area contributed by atoms with E-state index in [1.807, 2.05) is 53.9 Å². The van der Waals surface area contributed by atoms with Gasteiger partial charge in [0.25, 0.3) is 0 Å². The number of carboxylic acids is 1. The maximum Gasteiger partial charge on any atom is 0.320 e. The zero-order valence-electron chi connectivity index (χ0n) is 12.5. The monoisotopic (exact) mass is 373 g/mol. The molecule has 1 unspecified atom stereocenters. The standard InChI is InChI=1S/C17H16BrN3O2/c1-10-2-7-15-20-16(11-3-5-12(18)6-4-11)14(21(15)9-10)8-13(19)17(22)23/h2-7,9,13H,8,19H2,1H3,(H,22,23). The summed E-state index contributed by atoms with van der Waals surface area (Å²) in [6.07, 6.45) is 2.17. The molecule has 0 saturated heterocycles. The molecule has 1 aromatic carbocycles. The summed E-state index contributed by atoms with van der Waals surface area (Å²) >= 11 is 3.42. The highest BCUT2D eigenvalue weighted by Gasteiger charge is 2.20. The van der Waals surface area contributed by atoms with Gasteiger partial charge in [0.15, 0.2) is 0 Å². The summed E-state index contributed by atoms with van der Waals surface area (Å²) in [5.41, 5.74) is 10.1. The Labute approximate surface area is 141 Å². The van der Waals surface area contributed by atoms with Crippen LogP contribution in [0.3, 0.4) is 0 Å². The predicted octanol–water partition coefficient (Wildman–Crippen LogP) is 3.03. The number of fused-ring (bicyclic) bond motifs is 1. The van der Waals surface area contributed by atoms with Gasteiger partial charge in [-0.15, -0.1) is 0 Å². The van der Waals surface area contributed by atoms with E-state index in [2.05, 4.69) is 20.9 Å². The Morgan fingerprint density at radius 1 is 1.30 bits per heavy atom. The summed E-state index contributed by atoms with van der Waals surface area (Å²) in [5, 5.41) is 9.14. The first-order valence-corrected chi connectivity index (χ1v) is 7.97. The number of benzene rings is 1. The largest absolute Gasteiger partial charge is 0.480 e. The first-order chi connectivity index (χ1) is 11.0. The van der Waals surface area contributed by atoms with E-state index in [0.29, 0.717) is 0 Å². The van der Waals surface area contributed by atoms with Crippen LogP contribution >= 0.6 is 15.9 Å². The van der Waals surface area contributed by atoms with E-state index in [4.69, 9.17) is 10.8 Å². The van der Waals surface area contributed by atoms with Gasteiger partial charge in [-0.2, -0.15) is 0 Å². The molecule has 1 atom stereocenters. The SMILES string of the molecule is Cc1ccc2nc(-c3ccc(Br)cc3)c(CC(N)C(=O)O)n2c1. The minimum absolute atomic E-state index is 0.214. The molecule has 2 aromatic heterocycles. The number of imidazole rings is 1. The number of aliphatic carboxylic acids is 1. The van der Waals surface area contributed by atoms with Gasteiger partial charge in [-0.1, -0.05) is 34.1 Å². The Bertz CT molecular complexity index is 871. The lowest BCUT2D eigenvalue weighted by molar-refractivity contribution is -0.138. The average molecular weight is 374 g/mol. The summed E-state index contributed by atoms with van der Waals surface area (Å²) in [5.74, 6) is -1.02. The number of aromatic nitrogens is 2. The van der Waals surface area contributed by atoms with Gasteiger partial charge in [-0.05, 0) is 30.7 Å². The third kappa shape index (κ3) is 3.13. The highest BCUT2D eigenvalue weighted by atomic mass is 79.9. The number of nitrogens with zero attached hydrogens (tertiary/aromatic N) is 2. The van der Waals surface area contributed by atoms with Crippen LogP contribution in [-0.4, -0.2) is 26.5 Å². The van der Waals surface area contributed by atoms with Crippen molar-refractivity contribution in [3.8, 4) is 11.3 Å². The average Bonchev–Trinajstić information content (AvgIpc) is 2.86. The number of aryl methyl sites for hydroxylation is 1. The van der Waals surface area contributed by atoms with E-state index in [-0.39, 0.29) is 6.42 Å². The molecule has 3 N–H and O–H groups in total. The molecule has 6 heteroatoms. The zero-order valence-corrected chi connectivity index (χ0v) is 14.1. The Morgan fingerprint density at radius 3 is 2.65 bits per heavy atom. The van der Waals surface area contributed by atoms with E-state index < -0.39 is 12.0 Å². The number of rotatable bonds is 4. The quantitative estimate of drug-likeness (QED) is 0.736. The zero-order chi connectivity index (χ0) is 16.6. The van der Waals surface area contributed by atoms with Gasteiger partial charge in [0.05, 0.1) is 11.4 Å². The topological polar surface area (TPSA) is 80.6 Å². The summed E-state index contributed by atoms with van der Waals surface area (Å²) in [6.45, 7) is 1.99. The Hall–Kier alpha value is -2.18. The van der Waals surface area contributed by atoms with Gasteiger partial charge in [0.1, 0.15) is 11.7 Å². The van der Waals surface area contributed by atoms with Crippen LogP contribution in [0.15, 0.2) is 47.1 Å². The van der Waals surface area contributed by atoms with Gasteiger partial charge >= 0.3 is 5.97 Å². The third-order valence-corrected chi connectivity index (χ3v) is 4.24. The minimum atomic E-state index is -1.02. The number of pyridine rings is 1. The van der Waals surface area contributed by atoms with E-state index in [9.17, 15) is 4.79 Å². The Morgan fingerprint density at radius 2 is 2.00 bits per heavy atom. The predicted molar refractivity (Wildman–Crippen MR) is 92.4 cm³/mol. The molecule has 0 bridgehead atoms. The summed E-state index contributed by atoms with van der Waals surface area (Å²) in [4.78, 5) is 15.8. The van der Waals surface area contributed by atoms with Gasteiger partial charge in [-0.25, -0.2) is 4.98 Å². The maximum absolute atomic E-state index is 11.2. The van der Waals surface area contributed by atoms with Crippen LogP contribution in [0.4, 0.5) is 0 Å². The number of halogens is 1. The van der Waals surface area contributed by atoms with Crippen molar-refractivity contribution < 1.29 is 9.90 Å². The van der Waals surface area contributed by atoms with Gasteiger partial charge in [0.2, 0.25) is 0 Å². The van der Waals surface area contributed by atoms with E-state index in [1.54, 1.807) is 0 Å². The van der Waals surface area contributed by atoms with Crippen molar-refractivity contribution in [1.82, 2.24) is 9.38 Å². The van der Waals surface area contributed by atoms with Gasteiger partial charge in [0, 0.05) is 22.7 Å². The molecule has 0 spiro atoms. The number of carbonyl (C=O) groups is 1. The van der Waals surface area contributed by atoms with Gasteiger partial charge < -0.3 is 15.2 Å². The fraction of sp³-hybridized carbons (Fsp3) is 0.176. The Balaban J connectivity index is 2.19. The van der Waals surface area contributed by atoms with Gasteiger partial charge in [-0.3, -0.25) is 4.79 Å². The lowest BCUT2D eigenvalue weighted by Gasteiger charge is -2.09. The molecule has 0 radical (unpaired) electrons. The highest BCUT2D eigenvalue weighted by Crippen LogP contribution is 2.27. The van der Waals surface area contributed by atoms with Crippen molar-refractivity contribution in [2.24, 2.45) is 5.73 Å². The molecule has 23 heavy (non-hydrogen) atoms. The van der Waals surface area contributed by atoms with Crippen LogP contribution in [0.5, 0.6) is 0 Å². The first kappa shape index (κ1) is 15.7. The van der Waals surface area contributed by atoms with Crippen molar-refractivity contribution in [2.45, 2.75) is 19.4 Å². The van der Waals surface area contributed by atoms with Crippen LogP contribution in [0.2, 0.25) is 0 Å². The summed E-state index contributed by atoms with van der Waals surface area (Å²) < 4.78 is 2.90. The molecular weight excluding hydrogens is 358 g/mol. The molecule has 0 aliphatic heterocycles. The fourth-order valence-corrected chi connectivity index (χ4v) is 2.79. The van der Waals surface area contributed by atoms with Crippen LogP contribution < -0.4 is 5.73 Å². The van der Waals surface area contributed by atoms with Crippen LogP contribution in [0, 0.1) is 6.92 Å². The van der Waals surface area contributed by atoms with Crippen LogP contribution in [-0.2, 0) is 11.2 Å². The molecule has 0 amide bonds. The smallest absolute Gasteiger partial charge is 0.320 e. The van der Waals surface area contributed by atoms with Crippen molar-refractivity contribution in [1.29, 1.82) is 0 Å². The maximum atomic E-state index is 11.2. The molecular formula is C17H16BrN3O2. The lowest BCUT2D eigenvalue weighted by Crippen LogP contribution is -2.32. The number of carboxylic acid groups (broad SMARTS) is 1. The second kappa shape index (κ2) is 6.14. The number of nitrogens with two attached hydrogens (primary N) is 1. The van der Waals surface area contributed by atoms with E-state index >= 15 is 0 Å². The summed E-state index contributed by atoms with van der Waals surface area (Å²) in [6, 6.07) is 10.7.